The third kappa shape index (κ3) is 6.02. The number of para-hydroxylation sites is 2. The predicted molar refractivity (Wildman–Crippen MR) is 109 cm³/mol. The van der Waals surface area contributed by atoms with Gasteiger partial charge in [0.05, 0.1) is 23.9 Å². The van der Waals surface area contributed by atoms with Gasteiger partial charge in [-0.2, -0.15) is 0 Å². The number of hydrogen-bond acceptors (Lipinski definition) is 5. The molecular weight excluding hydrogens is 430 g/mol. The van der Waals surface area contributed by atoms with Gasteiger partial charge in [-0.3, -0.25) is 4.79 Å². The smallest absolute Gasteiger partial charge is 0.328 e. The van der Waals surface area contributed by atoms with Crippen molar-refractivity contribution in [2.45, 2.75) is 6.92 Å². The average Bonchev–Trinajstić information content (AvgIpc) is 2.66. The molecule has 28 heavy (non-hydrogen) atoms. The number of ether oxygens (including phenoxy) is 3. The number of nitrogens with one attached hydrogen (secondary N) is 1. The van der Waals surface area contributed by atoms with E-state index in [0.717, 1.165) is 6.08 Å². The van der Waals surface area contributed by atoms with Crippen LogP contribution in [0.4, 0.5) is 5.69 Å². The van der Waals surface area contributed by atoms with E-state index in [1.54, 1.807) is 36.4 Å². The van der Waals surface area contributed by atoms with Gasteiger partial charge in [-0.05, 0) is 58.8 Å². The standard InChI is InChI=1S/C20H20BrNO6/c1-3-27-17-11-13(8-9-19(24)25)10-14(21)20(17)28-12-18(23)22-15-6-4-5-7-16(15)26-2/h4-11H,3,12H2,1-2H3,(H,22,23)(H,24,25)/b9-8+. The van der Waals surface area contributed by atoms with Gasteiger partial charge in [0.25, 0.3) is 5.91 Å². The van der Waals surface area contributed by atoms with E-state index in [1.807, 2.05) is 6.92 Å². The minimum atomic E-state index is -1.05. The fourth-order valence-electron chi connectivity index (χ4n) is 2.33. The molecule has 0 aliphatic heterocycles. The normalized spacial score (nSPS) is 10.5. The first-order valence-corrected chi connectivity index (χ1v) is 9.17. The first kappa shape index (κ1) is 21.3. The number of carboxylic acid groups (broad SMARTS) is 1. The summed E-state index contributed by atoms with van der Waals surface area (Å²) in [5, 5.41) is 11.5. The number of hydrogen-bond donors (Lipinski definition) is 2. The van der Waals surface area contributed by atoms with Gasteiger partial charge in [-0.15, -0.1) is 0 Å². The summed E-state index contributed by atoms with van der Waals surface area (Å²) in [7, 11) is 1.52. The van der Waals surface area contributed by atoms with Crippen molar-refractivity contribution in [3.8, 4) is 17.2 Å². The molecule has 2 aromatic rings. The summed E-state index contributed by atoms with van der Waals surface area (Å²) in [6.07, 6.45) is 2.46. The number of methoxy groups -OCH3 is 1. The highest BCUT2D eigenvalue weighted by atomic mass is 79.9. The van der Waals surface area contributed by atoms with Gasteiger partial charge in [-0.1, -0.05) is 12.1 Å². The van der Waals surface area contributed by atoms with Crippen molar-refractivity contribution in [3.05, 3.63) is 52.5 Å². The molecule has 0 unspecified atom stereocenters. The highest BCUT2D eigenvalue weighted by Gasteiger charge is 2.14. The van der Waals surface area contributed by atoms with Crippen LogP contribution in [0, 0.1) is 0 Å². The number of aliphatic carboxylic acids is 1. The molecule has 2 N–H and O–H groups in total. The summed E-state index contributed by atoms with van der Waals surface area (Å²) in [5.74, 6) is -0.130. The molecule has 0 spiro atoms. The van der Waals surface area contributed by atoms with Gasteiger partial charge in [0, 0.05) is 6.08 Å². The molecule has 0 bridgehead atoms. The molecule has 1 amide bonds. The highest BCUT2D eigenvalue weighted by molar-refractivity contribution is 9.10. The van der Waals surface area contributed by atoms with Crippen LogP contribution in [0.1, 0.15) is 12.5 Å². The summed E-state index contributed by atoms with van der Waals surface area (Å²) < 4.78 is 16.9. The number of benzene rings is 2. The van der Waals surface area contributed by atoms with Crippen LogP contribution in [-0.2, 0) is 9.59 Å². The summed E-state index contributed by atoms with van der Waals surface area (Å²) in [6.45, 7) is 1.94. The Morgan fingerprint density at radius 2 is 1.93 bits per heavy atom. The second kappa shape index (κ2) is 10.4. The maximum Gasteiger partial charge on any atom is 0.328 e. The van der Waals surface area contributed by atoms with Gasteiger partial charge >= 0.3 is 5.97 Å². The van der Waals surface area contributed by atoms with E-state index < -0.39 is 5.97 Å². The van der Waals surface area contributed by atoms with Crippen LogP contribution in [0.2, 0.25) is 0 Å². The van der Waals surface area contributed by atoms with Crippen molar-refractivity contribution in [1.82, 2.24) is 0 Å². The van der Waals surface area contributed by atoms with Crippen LogP contribution in [-0.4, -0.2) is 37.3 Å². The zero-order valence-electron chi connectivity index (χ0n) is 15.4. The second-order valence-electron chi connectivity index (χ2n) is 5.47. The van der Waals surface area contributed by atoms with Gasteiger partial charge in [0.2, 0.25) is 0 Å². The minimum Gasteiger partial charge on any atom is -0.495 e. The summed E-state index contributed by atoms with van der Waals surface area (Å²) >= 11 is 3.38. The van der Waals surface area contributed by atoms with Gasteiger partial charge in [0.15, 0.2) is 18.1 Å². The van der Waals surface area contributed by atoms with Crippen LogP contribution in [0.3, 0.4) is 0 Å². The van der Waals surface area contributed by atoms with Crippen molar-refractivity contribution in [2.24, 2.45) is 0 Å². The van der Waals surface area contributed by atoms with E-state index in [-0.39, 0.29) is 12.5 Å². The fourth-order valence-corrected chi connectivity index (χ4v) is 2.90. The summed E-state index contributed by atoms with van der Waals surface area (Å²) in [4.78, 5) is 23.0. The van der Waals surface area contributed by atoms with Crippen LogP contribution in [0.15, 0.2) is 46.9 Å². The molecule has 0 saturated carbocycles. The monoisotopic (exact) mass is 449 g/mol. The van der Waals surface area contributed by atoms with Crippen molar-refractivity contribution < 1.29 is 28.9 Å². The molecule has 0 aliphatic rings. The predicted octanol–water partition coefficient (Wildman–Crippen LogP) is 3.97. The van der Waals surface area contributed by atoms with E-state index in [2.05, 4.69) is 21.2 Å². The van der Waals surface area contributed by atoms with Crippen molar-refractivity contribution in [3.63, 3.8) is 0 Å². The lowest BCUT2D eigenvalue weighted by molar-refractivity contribution is -0.131. The largest absolute Gasteiger partial charge is 0.495 e. The molecule has 148 valence electrons. The molecule has 0 fully saturated rings. The molecule has 0 aromatic heterocycles. The molecule has 2 aromatic carbocycles. The minimum absolute atomic E-state index is 0.249. The Kier molecular flexibility index (Phi) is 7.88. The quantitative estimate of drug-likeness (QED) is 0.562. The molecule has 0 saturated heterocycles. The lowest BCUT2D eigenvalue weighted by Crippen LogP contribution is -2.21. The Balaban J connectivity index is 2.13. The zero-order chi connectivity index (χ0) is 20.5. The molecule has 8 heteroatoms. The number of carboxylic acids is 1. The van der Waals surface area contributed by atoms with E-state index >= 15 is 0 Å². The third-order valence-electron chi connectivity index (χ3n) is 3.48. The number of rotatable bonds is 9. The van der Waals surface area contributed by atoms with Crippen molar-refractivity contribution in [1.29, 1.82) is 0 Å². The first-order chi connectivity index (χ1) is 13.4. The number of anilines is 1. The Bertz CT molecular complexity index is 881. The maximum absolute atomic E-state index is 12.3. The van der Waals surface area contributed by atoms with E-state index in [0.29, 0.717) is 39.6 Å². The fraction of sp³-hybridized carbons (Fsp3) is 0.200. The summed E-state index contributed by atoms with van der Waals surface area (Å²) in [5.41, 5.74) is 1.15. The molecule has 0 heterocycles. The average molecular weight is 450 g/mol. The first-order valence-electron chi connectivity index (χ1n) is 8.37. The van der Waals surface area contributed by atoms with Gasteiger partial charge in [-0.25, -0.2) is 4.79 Å². The van der Waals surface area contributed by atoms with Crippen LogP contribution in [0.25, 0.3) is 6.08 Å². The lowest BCUT2D eigenvalue weighted by atomic mass is 10.2. The number of carbonyl (C=O) groups is 2. The number of amides is 1. The Morgan fingerprint density at radius 1 is 1.18 bits per heavy atom. The molecule has 2 rings (SSSR count). The third-order valence-corrected chi connectivity index (χ3v) is 4.07. The van der Waals surface area contributed by atoms with E-state index in [4.69, 9.17) is 19.3 Å². The maximum atomic E-state index is 12.3. The molecule has 0 radical (unpaired) electrons. The van der Waals surface area contributed by atoms with Crippen LogP contribution in [0.5, 0.6) is 17.2 Å². The zero-order valence-corrected chi connectivity index (χ0v) is 17.0. The van der Waals surface area contributed by atoms with E-state index in [9.17, 15) is 9.59 Å². The highest BCUT2D eigenvalue weighted by Crippen LogP contribution is 2.37. The Hall–Kier alpha value is -3.00. The lowest BCUT2D eigenvalue weighted by Gasteiger charge is -2.15. The van der Waals surface area contributed by atoms with E-state index in [1.165, 1.54) is 13.2 Å². The van der Waals surface area contributed by atoms with Crippen LogP contribution >= 0.6 is 15.9 Å². The van der Waals surface area contributed by atoms with Crippen molar-refractivity contribution in [2.75, 3.05) is 25.6 Å². The van der Waals surface area contributed by atoms with Gasteiger partial charge in [0.1, 0.15) is 5.75 Å². The number of halogens is 1. The molecular formula is C20H20BrNO6. The SMILES string of the molecule is CCOc1cc(/C=C/C(=O)O)cc(Br)c1OCC(=O)Nc1ccccc1OC. The number of carbonyl (C=O) groups excluding carboxylic acids is 1. The summed E-state index contributed by atoms with van der Waals surface area (Å²) in [6, 6.07) is 10.4. The molecule has 0 aliphatic carbocycles. The molecule has 0 atom stereocenters. The van der Waals surface area contributed by atoms with Gasteiger partial charge < -0.3 is 24.6 Å². The topological polar surface area (TPSA) is 94.1 Å². The Labute approximate surface area is 171 Å². The Morgan fingerprint density at radius 3 is 2.61 bits per heavy atom. The van der Waals surface area contributed by atoms with Crippen LogP contribution < -0.4 is 19.5 Å². The molecule has 7 nitrogen and oxygen atoms in total. The second-order valence-corrected chi connectivity index (χ2v) is 6.33. The van der Waals surface area contributed by atoms with Crippen molar-refractivity contribution >= 4 is 39.6 Å².